The van der Waals surface area contributed by atoms with E-state index in [0.717, 1.165) is 17.7 Å². The Kier molecular flexibility index (Phi) is 6.09. The normalized spacial score (nSPS) is 21.6. The SMILES string of the molecule is CC(C)c1ccc(/C=C/CC(=O)NCC2(O)CCSC2)cc1. The quantitative estimate of drug-likeness (QED) is 0.846. The highest BCUT2D eigenvalue weighted by Crippen LogP contribution is 2.26. The Morgan fingerprint density at radius 3 is 2.73 bits per heavy atom. The zero-order valence-electron chi connectivity index (χ0n) is 13.3. The van der Waals surface area contributed by atoms with Crippen LogP contribution >= 0.6 is 11.8 Å². The van der Waals surface area contributed by atoms with Crippen molar-refractivity contribution in [1.82, 2.24) is 5.32 Å². The van der Waals surface area contributed by atoms with E-state index in [1.807, 2.05) is 12.2 Å². The Morgan fingerprint density at radius 1 is 1.41 bits per heavy atom. The van der Waals surface area contributed by atoms with Gasteiger partial charge in [-0.15, -0.1) is 0 Å². The van der Waals surface area contributed by atoms with Crippen LogP contribution in [0.3, 0.4) is 0 Å². The summed E-state index contributed by atoms with van der Waals surface area (Å²) in [7, 11) is 0. The number of aliphatic hydroxyl groups is 1. The summed E-state index contributed by atoms with van der Waals surface area (Å²) in [5, 5.41) is 13.0. The highest BCUT2D eigenvalue weighted by Gasteiger charge is 2.31. The van der Waals surface area contributed by atoms with Crippen LogP contribution in [0.1, 0.15) is 43.7 Å². The molecular weight excluding hydrogens is 294 g/mol. The van der Waals surface area contributed by atoms with Crippen molar-refractivity contribution < 1.29 is 9.90 Å². The molecule has 0 aliphatic carbocycles. The minimum atomic E-state index is -0.712. The highest BCUT2D eigenvalue weighted by molar-refractivity contribution is 7.99. The van der Waals surface area contributed by atoms with Gasteiger partial charge in [0.1, 0.15) is 0 Å². The van der Waals surface area contributed by atoms with Crippen LogP contribution in [0.25, 0.3) is 6.08 Å². The summed E-state index contributed by atoms with van der Waals surface area (Å²) < 4.78 is 0. The van der Waals surface area contributed by atoms with Gasteiger partial charge in [0.05, 0.1) is 5.60 Å². The maximum Gasteiger partial charge on any atom is 0.223 e. The number of rotatable bonds is 6. The zero-order valence-corrected chi connectivity index (χ0v) is 14.2. The molecule has 1 heterocycles. The number of carbonyl (C=O) groups is 1. The molecule has 1 fully saturated rings. The van der Waals surface area contributed by atoms with E-state index in [4.69, 9.17) is 0 Å². The van der Waals surface area contributed by atoms with Crippen LogP contribution in [0.5, 0.6) is 0 Å². The molecule has 0 aromatic heterocycles. The molecule has 0 saturated carbocycles. The van der Waals surface area contributed by atoms with E-state index >= 15 is 0 Å². The van der Waals surface area contributed by atoms with Crippen LogP contribution in [-0.4, -0.2) is 34.7 Å². The second kappa shape index (κ2) is 7.84. The Hall–Kier alpha value is -1.26. The van der Waals surface area contributed by atoms with E-state index in [-0.39, 0.29) is 5.91 Å². The smallest absolute Gasteiger partial charge is 0.223 e. The zero-order chi connectivity index (χ0) is 16.0. The van der Waals surface area contributed by atoms with Crippen molar-refractivity contribution in [3.8, 4) is 0 Å². The van der Waals surface area contributed by atoms with Crippen molar-refractivity contribution in [2.24, 2.45) is 0 Å². The number of amides is 1. The predicted molar refractivity (Wildman–Crippen MR) is 94.1 cm³/mol. The first-order valence-corrected chi connectivity index (χ1v) is 8.97. The fourth-order valence-electron chi connectivity index (χ4n) is 2.37. The van der Waals surface area contributed by atoms with Crippen LogP contribution in [0.4, 0.5) is 0 Å². The Morgan fingerprint density at radius 2 is 2.14 bits per heavy atom. The number of benzene rings is 1. The van der Waals surface area contributed by atoms with E-state index in [2.05, 4.69) is 43.4 Å². The number of hydrogen-bond donors (Lipinski definition) is 2. The maximum absolute atomic E-state index is 11.8. The Labute approximate surface area is 137 Å². The molecule has 0 radical (unpaired) electrons. The van der Waals surface area contributed by atoms with Crippen LogP contribution in [0.15, 0.2) is 30.3 Å². The van der Waals surface area contributed by atoms with Crippen LogP contribution in [0.2, 0.25) is 0 Å². The summed E-state index contributed by atoms with van der Waals surface area (Å²) >= 11 is 1.74. The minimum Gasteiger partial charge on any atom is -0.387 e. The molecule has 1 amide bonds. The lowest BCUT2D eigenvalue weighted by atomic mass is 10.0. The first-order chi connectivity index (χ1) is 10.5. The molecule has 0 spiro atoms. The van der Waals surface area contributed by atoms with Gasteiger partial charge >= 0.3 is 0 Å². The molecule has 1 saturated heterocycles. The molecule has 120 valence electrons. The second-order valence-electron chi connectivity index (χ2n) is 6.23. The van der Waals surface area contributed by atoms with Gasteiger partial charge in [0.2, 0.25) is 5.91 Å². The molecule has 2 N–H and O–H groups in total. The molecular formula is C18H25NO2S. The summed E-state index contributed by atoms with van der Waals surface area (Å²) in [5.41, 5.74) is 1.71. The van der Waals surface area contributed by atoms with Gasteiger partial charge in [-0.25, -0.2) is 0 Å². The van der Waals surface area contributed by atoms with Gasteiger partial charge in [0.25, 0.3) is 0 Å². The van der Waals surface area contributed by atoms with Crippen LogP contribution in [0, 0.1) is 0 Å². The maximum atomic E-state index is 11.8. The lowest BCUT2D eigenvalue weighted by Gasteiger charge is -2.21. The van der Waals surface area contributed by atoms with Gasteiger partial charge in [-0.2, -0.15) is 11.8 Å². The fourth-order valence-corrected chi connectivity index (χ4v) is 3.66. The van der Waals surface area contributed by atoms with Gasteiger partial charge in [-0.1, -0.05) is 50.3 Å². The van der Waals surface area contributed by atoms with Gasteiger partial charge in [0.15, 0.2) is 0 Å². The third-order valence-corrected chi connectivity index (χ3v) is 5.15. The fraction of sp³-hybridized carbons (Fsp3) is 0.500. The Bertz CT molecular complexity index is 516. The highest BCUT2D eigenvalue weighted by atomic mass is 32.2. The molecule has 1 aromatic carbocycles. The average Bonchev–Trinajstić information content (AvgIpc) is 2.93. The Balaban J connectivity index is 1.75. The van der Waals surface area contributed by atoms with Crippen molar-refractivity contribution in [1.29, 1.82) is 0 Å². The number of nitrogens with one attached hydrogen (secondary N) is 1. The molecule has 3 nitrogen and oxygen atoms in total. The molecule has 0 bridgehead atoms. The number of carbonyl (C=O) groups excluding carboxylic acids is 1. The standard InChI is InChI=1S/C18H25NO2S/c1-14(2)16-8-6-15(7-9-16)4-3-5-17(20)19-12-18(21)10-11-22-13-18/h3-4,6-9,14,21H,5,10-13H2,1-2H3,(H,19,20)/b4-3+. The van der Waals surface area contributed by atoms with Crippen molar-refractivity contribution in [2.45, 2.75) is 38.2 Å². The molecule has 2 rings (SSSR count). The average molecular weight is 319 g/mol. The lowest BCUT2D eigenvalue weighted by molar-refractivity contribution is -0.121. The monoisotopic (exact) mass is 319 g/mol. The van der Waals surface area contributed by atoms with E-state index in [0.29, 0.717) is 24.6 Å². The molecule has 1 aliphatic heterocycles. The topological polar surface area (TPSA) is 49.3 Å². The molecule has 1 atom stereocenters. The molecule has 1 aliphatic rings. The van der Waals surface area contributed by atoms with Crippen molar-refractivity contribution >= 4 is 23.7 Å². The first kappa shape index (κ1) is 17.1. The summed E-state index contributed by atoms with van der Waals surface area (Å²) in [6.45, 7) is 4.70. The first-order valence-electron chi connectivity index (χ1n) is 7.82. The van der Waals surface area contributed by atoms with E-state index in [1.165, 1.54) is 5.56 Å². The second-order valence-corrected chi connectivity index (χ2v) is 7.34. The largest absolute Gasteiger partial charge is 0.387 e. The number of hydrogen-bond acceptors (Lipinski definition) is 3. The van der Waals surface area contributed by atoms with Gasteiger partial charge < -0.3 is 10.4 Å². The molecule has 1 unspecified atom stereocenters. The third kappa shape index (κ3) is 5.18. The van der Waals surface area contributed by atoms with Crippen molar-refractivity contribution in [3.63, 3.8) is 0 Å². The summed E-state index contributed by atoms with van der Waals surface area (Å²) in [4.78, 5) is 11.8. The lowest BCUT2D eigenvalue weighted by Crippen LogP contribution is -2.42. The summed E-state index contributed by atoms with van der Waals surface area (Å²) in [6.07, 6.45) is 4.93. The van der Waals surface area contributed by atoms with Gasteiger partial charge in [0, 0.05) is 18.7 Å². The van der Waals surface area contributed by atoms with Crippen LogP contribution in [-0.2, 0) is 4.79 Å². The van der Waals surface area contributed by atoms with E-state index < -0.39 is 5.60 Å². The van der Waals surface area contributed by atoms with Crippen LogP contribution < -0.4 is 5.32 Å². The van der Waals surface area contributed by atoms with Gasteiger partial charge in [-0.05, 0) is 29.2 Å². The summed E-state index contributed by atoms with van der Waals surface area (Å²) in [6, 6.07) is 8.39. The van der Waals surface area contributed by atoms with Crippen molar-refractivity contribution in [3.05, 3.63) is 41.5 Å². The van der Waals surface area contributed by atoms with Gasteiger partial charge in [-0.3, -0.25) is 4.79 Å². The molecule has 1 aromatic rings. The van der Waals surface area contributed by atoms with Crippen molar-refractivity contribution in [2.75, 3.05) is 18.1 Å². The molecule has 4 heteroatoms. The van der Waals surface area contributed by atoms with E-state index in [1.54, 1.807) is 11.8 Å². The summed E-state index contributed by atoms with van der Waals surface area (Å²) in [5.74, 6) is 2.17. The van der Waals surface area contributed by atoms with E-state index in [9.17, 15) is 9.90 Å². The number of thioether (sulfide) groups is 1. The predicted octanol–water partition coefficient (Wildman–Crippen LogP) is 3.20. The third-order valence-electron chi connectivity index (χ3n) is 3.91. The minimum absolute atomic E-state index is 0.0413. The molecule has 22 heavy (non-hydrogen) atoms.